The first-order valence-electron chi connectivity index (χ1n) is 12.1. The molecule has 1 heteroatoms. The monoisotopic (exact) mass is 488 g/mol. The lowest BCUT2D eigenvalue weighted by atomic mass is 10.0. The molecule has 1 unspecified atom stereocenters. The second kappa shape index (κ2) is 18.5. The average Bonchev–Trinajstić information content (AvgIpc) is 2.65. The van der Waals surface area contributed by atoms with Crippen LogP contribution >= 0.6 is 15.9 Å². The van der Waals surface area contributed by atoms with Crippen LogP contribution in [0.4, 0.5) is 0 Å². The van der Waals surface area contributed by atoms with E-state index in [1.165, 1.54) is 65.5 Å². The molecule has 0 amide bonds. The van der Waals surface area contributed by atoms with Crippen LogP contribution in [-0.2, 0) is 0 Å². The van der Waals surface area contributed by atoms with E-state index in [0.717, 1.165) is 25.7 Å². The minimum Gasteiger partial charge on any atom is -0.0856 e. The number of alkyl halides is 1. The summed E-state index contributed by atoms with van der Waals surface area (Å²) in [5.74, 6) is 0. The molecule has 0 aromatic rings. The van der Waals surface area contributed by atoms with Gasteiger partial charge < -0.3 is 0 Å². The zero-order valence-corrected chi connectivity index (χ0v) is 23.4. The predicted molar refractivity (Wildman–Crippen MR) is 148 cm³/mol. The summed E-state index contributed by atoms with van der Waals surface area (Å²) < 4.78 is 0. The van der Waals surface area contributed by atoms with E-state index in [0.29, 0.717) is 4.83 Å². The molecule has 0 spiro atoms. The van der Waals surface area contributed by atoms with Crippen LogP contribution < -0.4 is 0 Å². The molecule has 0 saturated heterocycles. The molecule has 1 atom stereocenters. The highest BCUT2D eigenvalue weighted by molar-refractivity contribution is 9.09. The Labute approximate surface area is 203 Å². The summed E-state index contributed by atoms with van der Waals surface area (Å²) in [6, 6.07) is 0. The van der Waals surface area contributed by atoms with Crippen LogP contribution in [0.25, 0.3) is 0 Å². The van der Waals surface area contributed by atoms with Gasteiger partial charge in [0.2, 0.25) is 0 Å². The van der Waals surface area contributed by atoms with E-state index < -0.39 is 0 Å². The Hall–Kier alpha value is -1.08. The maximum Gasteiger partial charge on any atom is 0.0362 e. The Balaban J connectivity index is 4.25. The standard InChI is InChI=1S/C30H49Br/c1-24(2)13-9-15-26(5)17-11-19-28(7)21-22-30(31)23-29(8)20-12-18-27(6)16-10-14-25(3)4/h13-14,17-18,21,23,30H,9-12,15-16,19-20,22H2,1-8H3. The molecule has 0 aliphatic heterocycles. The van der Waals surface area contributed by atoms with Gasteiger partial charge in [-0.2, -0.15) is 0 Å². The van der Waals surface area contributed by atoms with Crippen molar-refractivity contribution >= 4 is 15.9 Å². The first kappa shape index (κ1) is 29.9. The third-order valence-corrected chi connectivity index (χ3v) is 6.04. The van der Waals surface area contributed by atoms with Gasteiger partial charge in [0.15, 0.2) is 0 Å². The fourth-order valence-electron chi connectivity index (χ4n) is 3.35. The van der Waals surface area contributed by atoms with Crippen LogP contribution in [-0.4, -0.2) is 4.83 Å². The fraction of sp³-hybridized carbons (Fsp3) is 0.600. The summed E-state index contributed by atoms with van der Waals surface area (Å²) >= 11 is 3.85. The summed E-state index contributed by atoms with van der Waals surface area (Å²) in [5.41, 5.74) is 8.85. The normalized spacial score (nSPS) is 14.5. The summed E-state index contributed by atoms with van der Waals surface area (Å²) in [5, 5.41) is 0. The zero-order valence-electron chi connectivity index (χ0n) is 21.8. The number of allylic oxidation sites excluding steroid dienone is 12. The van der Waals surface area contributed by atoms with E-state index in [1.54, 1.807) is 0 Å². The van der Waals surface area contributed by atoms with Gasteiger partial charge in [-0.15, -0.1) is 0 Å². The van der Waals surface area contributed by atoms with Gasteiger partial charge >= 0.3 is 0 Å². The van der Waals surface area contributed by atoms with Crippen molar-refractivity contribution in [2.45, 2.75) is 118 Å². The Morgan fingerprint density at radius 1 is 0.516 bits per heavy atom. The van der Waals surface area contributed by atoms with Gasteiger partial charge in [0.25, 0.3) is 0 Å². The molecule has 0 aliphatic rings. The number of rotatable bonds is 15. The fourth-order valence-corrected chi connectivity index (χ4v) is 3.99. The Bertz CT molecular complexity index is 671. The van der Waals surface area contributed by atoms with E-state index in [1.807, 2.05) is 0 Å². The number of halogens is 1. The first-order valence-corrected chi connectivity index (χ1v) is 13.1. The largest absolute Gasteiger partial charge is 0.0856 e. The van der Waals surface area contributed by atoms with Gasteiger partial charge in [-0.05, 0) is 113 Å². The van der Waals surface area contributed by atoms with E-state index in [-0.39, 0.29) is 0 Å². The van der Waals surface area contributed by atoms with Crippen molar-refractivity contribution in [1.29, 1.82) is 0 Å². The minimum absolute atomic E-state index is 0.437. The molecule has 0 radical (unpaired) electrons. The third-order valence-electron chi connectivity index (χ3n) is 5.40. The maximum absolute atomic E-state index is 3.85. The predicted octanol–water partition coefficient (Wildman–Crippen LogP) is 11.0. The molecule has 0 fully saturated rings. The van der Waals surface area contributed by atoms with E-state index in [4.69, 9.17) is 0 Å². The van der Waals surface area contributed by atoms with Gasteiger partial charge in [-0.3, -0.25) is 0 Å². The third kappa shape index (κ3) is 20.6. The van der Waals surface area contributed by atoms with Crippen molar-refractivity contribution in [3.8, 4) is 0 Å². The van der Waals surface area contributed by atoms with Gasteiger partial charge in [0.1, 0.15) is 0 Å². The molecule has 31 heavy (non-hydrogen) atoms. The quantitative estimate of drug-likeness (QED) is 0.158. The smallest absolute Gasteiger partial charge is 0.0362 e. The van der Waals surface area contributed by atoms with E-state index in [2.05, 4.69) is 108 Å². The van der Waals surface area contributed by atoms with Crippen molar-refractivity contribution in [2.75, 3.05) is 0 Å². The number of hydrogen-bond acceptors (Lipinski definition) is 0. The molecule has 176 valence electrons. The van der Waals surface area contributed by atoms with Crippen molar-refractivity contribution in [1.82, 2.24) is 0 Å². The molecule has 0 nitrogen and oxygen atoms in total. The van der Waals surface area contributed by atoms with Crippen LogP contribution in [0.1, 0.15) is 113 Å². The molecule has 0 aliphatic carbocycles. The van der Waals surface area contributed by atoms with Crippen LogP contribution in [0.15, 0.2) is 69.9 Å². The highest BCUT2D eigenvalue weighted by atomic mass is 79.9. The molecule has 0 saturated carbocycles. The first-order chi connectivity index (χ1) is 14.6. The van der Waals surface area contributed by atoms with Gasteiger partial charge in [-0.1, -0.05) is 85.8 Å². The molecular weight excluding hydrogens is 440 g/mol. The lowest BCUT2D eigenvalue weighted by Crippen LogP contribution is -1.93. The van der Waals surface area contributed by atoms with E-state index >= 15 is 0 Å². The lowest BCUT2D eigenvalue weighted by molar-refractivity contribution is 0.901. The summed E-state index contributed by atoms with van der Waals surface area (Å²) in [7, 11) is 0. The SMILES string of the molecule is CC(C)=CCCC(C)=CCCC(C)=CCC(Br)C=C(C)CCC=C(C)CCC=C(C)C. The summed E-state index contributed by atoms with van der Waals surface area (Å²) in [6.07, 6.45) is 24.7. The van der Waals surface area contributed by atoms with Crippen LogP contribution in [0.3, 0.4) is 0 Å². The van der Waals surface area contributed by atoms with Crippen molar-refractivity contribution < 1.29 is 0 Å². The maximum atomic E-state index is 3.85. The van der Waals surface area contributed by atoms with Crippen molar-refractivity contribution in [2.24, 2.45) is 0 Å². The topological polar surface area (TPSA) is 0 Å². The number of hydrogen-bond donors (Lipinski definition) is 0. The van der Waals surface area contributed by atoms with Crippen molar-refractivity contribution in [3.05, 3.63) is 69.9 Å². The van der Waals surface area contributed by atoms with Gasteiger partial charge in [-0.25, -0.2) is 0 Å². The summed E-state index contributed by atoms with van der Waals surface area (Å²) in [6.45, 7) is 17.8. The Kier molecular flexibility index (Phi) is 17.8. The summed E-state index contributed by atoms with van der Waals surface area (Å²) in [4.78, 5) is 0.437. The molecule has 0 heterocycles. The van der Waals surface area contributed by atoms with Gasteiger partial charge in [0, 0.05) is 4.83 Å². The Morgan fingerprint density at radius 2 is 0.871 bits per heavy atom. The average molecular weight is 490 g/mol. The van der Waals surface area contributed by atoms with Gasteiger partial charge in [0.05, 0.1) is 0 Å². The highest BCUT2D eigenvalue weighted by Gasteiger charge is 2.00. The highest BCUT2D eigenvalue weighted by Crippen LogP contribution is 2.18. The lowest BCUT2D eigenvalue weighted by Gasteiger charge is -2.06. The van der Waals surface area contributed by atoms with Crippen LogP contribution in [0.2, 0.25) is 0 Å². The van der Waals surface area contributed by atoms with Crippen molar-refractivity contribution in [3.63, 3.8) is 0 Å². The molecule has 0 aromatic carbocycles. The van der Waals surface area contributed by atoms with Crippen LogP contribution in [0.5, 0.6) is 0 Å². The second-order valence-corrected chi connectivity index (χ2v) is 10.8. The molecule has 0 aromatic heterocycles. The zero-order chi connectivity index (χ0) is 23.6. The Morgan fingerprint density at radius 3 is 1.29 bits per heavy atom. The second-order valence-electron chi connectivity index (χ2n) is 9.63. The molecule has 0 N–H and O–H groups in total. The molecule has 0 bridgehead atoms. The van der Waals surface area contributed by atoms with E-state index in [9.17, 15) is 0 Å². The minimum atomic E-state index is 0.437. The molecular formula is C30H49Br. The molecule has 0 rings (SSSR count). The van der Waals surface area contributed by atoms with Crippen LogP contribution in [0, 0.1) is 0 Å².